The minimum absolute atomic E-state index is 0.0368. The van der Waals surface area contributed by atoms with Crippen LogP contribution < -0.4 is 5.56 Å². The first kappa shape index (κ1) is 10.3. The third-order valence-electron chi connectivity index (χ3n) is 3.24. The average molecular weight is 232 g/mol. The lowest BCUT2D eigenvalue weighted by Gasteiger charge is -2.07. The average Bonchev–Trinajstić information content (AvgIpc) is 2.68. The zero-order valence-corrected chi connectivity index (χ0v) is 9.37. The molecule has 17 heavy (non-hydrogen) atoms. The van der Waals surface area contributed by atoms with Gasteiger partial charge in [-0.25, -0.2) is 9.07 Å². The van der Waals surface area contributed by atoms with Crippen LogP contribution in [0.25, 0.3) is 5.69 Å². The quantitative estimate of drug-likeness (QED) is 0.804. The topological polar surface area (TPSA) is 37.8 Å². The summed E-state index contributed by atoms with van der Waals surface area (Å²) in [5, 5.41) is 3.08. The van der Waals surface area contributed by atoms with Gasteiger partial charge in [0.15, 0.2) is 0 Å². The molecule has 0 unspecified atom stereocenters. The molecule has 0 radical (unpaired) electrons. The number of aryl methyl sites for hydroxylation is 1. The van der Waals surface area contributed by atoms with Crippen molar-refractivity contribution in [3.63, 3.8) is 0 Å². The van der Waals surface area contributed by atoms with E-state index in [1.807, 2.05) is 0 Å². The van der Waals surface area contributed by atoms with Crippen LogP contribution in [-0.4, -0.2) is 9.78 Å². The van der Waals surface area contributed by atoms with E-state index in [1.54, 1.807) is 12.1 Å². The highest BCUT2D eigenvalue weighted by Crippen LogP contribution is 2.17. The van der Waals surface area contributed by atoms with Crippen molar-refractivity contribution in [2.24, 2.45) is 0 Å². The van der Waals surface area contributed by atoms with E-state index in [2.05, 4.69) is 5.10 Å². The lowest BCUT2D eigenvalue weighted by Crippen LogP contribution is -2.18. The van der Waals surface area contributed by atoms with Crippen molar-refractivity contribution in [1.82, 2.24) is 9.78 Å². The Balaban J connectivity index is 2.16. The molecule has 1 aliphatic carbocycles. The first-order chi connectivity index (χ1) is 8.25. The SMILES string of the molecule is O=c1c2c([nH]n1-c1cccc(F)c1)CCCC2. The number of fused-ring (bicyclic) bond motifs is 1. The van der Waals surface area contributed by atoms with Crippen molar-refractivity contribution in [3.05, 3.63) is 51.7 Å². The van der Waals surface area contributed by atoms with Crippen molar-refractivity contribution < 1.29 is 4.39 Å². The predicted octanol–water partition coefficient (Wildman–Crippen LogP) is 2.18. The molecule has 0 fully saturated rings. The number of H-pyrrole nitrogens is 1. The molecule has 1 aromatic carbocycles. The van der Waals surface area contributed by atoms with Gasteiger partial charge in [0, 0.05) is 11.3 Å². The van der Waals surface area contributed by atoms with Crippen LogP contribution in [0, 0.1) is 5.82 Å². The Labute approximate surface area is 97.9 Å². The number of nitrogens with one attached hydrogen (secondary N) is 1. The zero-order chi connectivity index (χ0) is 11.8. The van der Waals surface area contributed by atoms with Gasteiger partial charge in [-0.1, -0.05) is 6.07 Å². The monoisotopic (exact) mass is 232 g/mol. The van der Waals surface area contributed by atoms with Crippen LogP contribution in [0.5, 0.6) is 0 Å². The lowest BCUT2D eigenvalue weighted by molar-refractivity contribution is 0.624. The molecule has 0 saturated carbocycles. The summed E-state index contributed by atoms with van der Waals surface area (Å²) in [4.78, 5) is 12.1. The van der Waals surface area contributed by atoms with E-state index in [1.165, 1.54) is 16.8 Å². The summed E-state index contributed by atoms with van der Waals surface area (Å²) >= 11 is 0. The smallest absolute Gasteiger partial charge is 0.274 e. The van der Waals surface area contributed by atoms with Crippen LogP contribution in [0.4, 0.5) is 4.39 Å². The van der Waals surface area contributed by atoms with Crippen molar-refractivity contribution in [1.29, 1.82) is 0 Å². The minimum atomic E-state index is -0.332. The third-order valence-corrected chi connectivity index (χ3v) is 3.24. The van der Waals surface area contributed by atoms with Gasteiger partial charge in [-0.05, 0) is 43.9 Å². The van der Waals surface area contributed by atoms with Gasteiger partial charge in [-0.3, -0.25) is 9.89 Å². The Morgan fingerprint density at radius 3 is 2.82 bits per heavy atom. The second kappa shape index (κ2) is 3.87. The summed E-state index contributed by atoms with van der Waals surface area (Å²) in [5.41, 5.74) is 2.39. The summed E-state index contributed by atoms with van der Waals surface area (Å²) in [6.45, 7) is 0. The second-order valence-corrected chi connectivity index (χ2v) is 4.40. The van der Waals surface area contributed by atoms with Crippen LogP contribution in [0.2, 0.25) is 0 Å². The number of hydrogen-bond acceptors (Lipinski definition) is 1. The fraction of sp³-hybridized carbons (Fsp3) is 0.308. The van der Waals surface area contributed by atoms with E-state index in [-0.39, 0.29) is 11.4 Å². The van der Waals surface area contributed by atoms with Gasteiger partial charge in [0.05, 0.1) is 5.69 Å². The van der Waals surface area contributed by atoms with E-state index in [0.717, 1.165) is 36.9 Å². The van der Waals surface area contributed by atoms with Gasteiger partial charge >= 0.3 is 0 Å². The van der Waals surface area contributed by atoms with Gasteiger partial charge in [0.1, 0.15) is 5.82 Å². The molecule has 0 spiro atoms. The summed E-state index contributed by atoms with van der Waals surface area (Å²) in [6.07, 6.45) is 3.90. The summed E-state index contributed by atoms with van der Waals surface area (Å²) in [5.74, 6) is -0.332. The molecule has 88 valence electrons. The first-order valence-electron chi connectivity index (χ1n) is 5.84. The van der Waals surface area contributed by atoms with Crippen LogP contribution in [-0.2, 0) is 12.8 Å². The largest absolute Gasteiger partial charge is 0.295 e. The maximum absolute atomic E-state index is 13.1. The van der Waals surface area contributed by atoms with Gasteiger partial charge in [0.25, 0.3) is 5.56 Å². The van der Waals surface area contributed by atoms with E-state index < -0.39 is 0 Å². The van der Waals surface area contributed by atoms with Crippen LogP contribution in [0.3, 0.4) is 0 Å². The Hall–Kier alpha value is -1.84. The molecule has 0 amide bonds. The molecule has 1 heterocycles. The fourth-order valence-corrected chi connectivity index (χ4v) is 2.38. The molecule has 1 aliphatic rings. The Bertz CT molecular complexity index is 612. The molecule has 0 aliphatic heterocycles. The van der Waals surface area contributed by atoms with Crippen molar-refractivity contribution >= 4 is 0 Å². The van der Waals surface area contributed by atoms with Gasteiger partial charge in [-0.15, -0.1) is 0 Å². The summed E-state index contributed by atoms with van der Waals surface area (Å²) in [7, 11) is 0. The Kier molecular flexibility index (Phi) is 2.35. The van der Waals surface area contributed by atoms with Gasteiger partial charge in [0.2, 0.25) is 0 Å². The van der Waals surface area contributed by atoms with Gasteiger partial charge < -0.3 is 0 Å². The highest BCUT2D eigenvalue weighted by atomic mass is 19.1. The van der Waals surface area contributed by atoms with Crippen molar-refractivity contribution in [2.75, 3.05) is 0 Å². The molecule has 3 nitrogen and oxygen atoms in total. The molecular weight excluding hydrogens is 219 g/mol. The van der Waals surface area contributed by atoms with Crippen LogP contribution in [0.1, 0.15) is 24.1 Å². The number of aromatic nitrogens is 2. The lowest BCUT2D eigenvalue weighted by atomic mass is 9.98. The predicted molar refractivity (Wildman–Crippen MR) is 63.0 cm³/mol. The van der Waals surface area contributed by atoms with Crippen LogP contribution >= 0.6 is 0 Å². The normalized spacial score (nSPS) is 14.6. The first-order valence-corrected chi connectivity index (χ1v) is 5.84. The number of halogens is 1. The fourth-order valence-electron chi connectivity index (χ4n) is 2.38. The Morgan fingerprint density at radius 1 is 1.24 bits per heavy atom. The molecule has 0 bridgehead atoms. The van der Waals surface area contributed by atoms with E-state index in [4.69, 9.17) is 0 Å². The molecule has 3 rings (SSSR count). The second-order valence-electron chi connectivity index (χ2n) is 4.40. The number of rotatable bonds is 1. The number of benzene rings is 1. The minimum Gasteiger partial charge on any atom is -0.295 e. The summed E-state index contributed by atoms with van der Waals surface area (Å²) in [6, 6.07) is 6.07. The van der Waals surface area contributed by atoms with Crippen molar-refractivity contribution in [2.45, 2.75) is 25.7 Å². The molecule has 0 atom stereocenters. The summed E-state index contributed by atoms with van der Waals surface area (Å²) < 4.78 is 14.6. The van der Waals surface area contributed by atoms with E-state index in [0.29, 0.717) is 5.69 Å². The van der Waals surface area contributed by atoms with E-state index in [9.17, 15) is 9.18 Å². The number of hydrogen-bond donors (Lipinski definition) is 1. The molecule has 0 saturated heterocycles. The molecule has 2 aromatic rings. The molecule has 1 aromatic heterocycles. The highest BCUT2D eigenvalue weighted by Gasteiger charge is 2.18. The molecule has 1 N–H and O–H groups in total. The van der Waals surface area contributed by atoms with E-state index >= 15 is 0 Å². The van der Waals surface area contributed by atoms with Crippen molar-refractivity contribution in [3.8, 4) is 5.69 Å². The maximum Gasteiger partial charge on any atom is 0.274 e. The highest BCUT2D eigenvalue weighted by molar-refractivity contribution is 5.34. The third kappa shape index (κ3) is 1.69. The maximum atomic E-state index is 13.1. The Morgan fingerprint density at radius 2 is 2.06 bits per heavy atom. The number of nitrogens with zero attached hydrogens (tertiary/aromatic N) is 1. The van der Waals surface area contributed by atoms with Gasteiger partial charge in [-0.2, -0.15) is 0 Å². The molecular formula is C13H13FN2O. The standard InChI is InChI=1S/C13H13FN2O/c14-9-4-3-5-10(8-9)16-13(17)11-6-1-2-7-12(11)15-16/h3-5,8,15H,1-2,6-7H2. The van der Waals surface area contributed by atoms with Crippen LogP contribution in [0.15, 0.2) is 29.1 Å². The molecule has 4 heteroatoms. The number of aromatic amines is 1. The zero-order valence-electron chi connectivity index (χ0n) is 9.37.